The van der Waals surface area contributed by atoms with Gasteiger partial charge in [-0.15, -0.1) is 0 Å². The van der Waals surface area contributed by atoms with Crippen LogP contribution in [0.3, 0.4) is 0 Å². The minimum absolute atomic E-state index is 0.0655. The quantitative estimate of drug-likeness (QED) is 0.556. The van der Waals surface area contributed by atoms with Crippen molar-refractivity contribution < 1.29 is 18.7 Å². The minimum atomic E-state index is -0.434. The molecule has 1 atom stereocenters. The minimum Gasteiger partial charge on any atom is -0.370 e. The van der Waals surface area contributed by atoms with Crippen molar-refractivity contribution in [2.24, 2.45) is 0 Å². The highest BCUT2D eigenvalue weighted by Crippen LogP contribution is 2.15. The number of carbonyl (C=O) groups excluding carboxylic acids is 2. The Morgan fingerprint density at radius 2 is 1.88 bits per heavy atom. The third-order valence-corrected chi connectivity index (χ3v) is 5.48. The fourth-order valence-electron chi connectivity index (χ4n) is 3.78. The molecule has 1 saturated heterocycles. The second kappa shape index (κ2) is 10.8. The molecule has 0 unspecified atom stereocenters. The predicted molar refractivity (Wildman–Crippen MR) is 120 cm³/mol. The van der Waals surface area contributed by atoms with Gasteiger partial charge in [-0.25, -0.2) is 9.37 Å². The molecule has 1 aromatic heterocycles. The molecule has 0 spiro atoms. The molecular formula is C25H25FN4O3. The van der Waals surface area contributed by atoms with Crippen LogP contribution >= 0.6 is 0 Å². The Labute approximate surface area is 191 Å². The van der Waals surface area contributed by atoms with Crippen LogP contribution in [-0.2, 0) is 22.6 Å². The summed E-state index contributed by atoms with van der Waals surface area (Å²) in [6, 6.07) is 16.1. The lowest BCUT2D eigenvalue weighted by atomic mass is 10.1. The van der Waals surface area contributed by atoms with E-state index in [1.54, 1.807) is 17.0 Å². The Kier molecular flexibility index (Phi) is 7.36. The van der Waals surface area contributed by atoms with E-state index >= 15 is 0 Å². The van der Waals surface area contributed by atoms with E-state index in [2.05, 4.69) is 9.97 Å². The van der Waals surface area contributed by atoms with Gasteiger partial charge in [0.1, 0.15) is 18.1 Å². The first-order valence-electron chi connectivity index (χ1n) is 10.8. The molecule has 0 radical (unpaired) electrons. The first kappa shape index (κ1) is 22.5. The number of amides is 2. The summed E-state index contributed by atoms with van der Waals surface area (Å²) in [6.45, 7) is 1.18. The van der Waals surface area contributed by atoms with Gasteiger partial charge >= 0.3 is 0 Å². The molecule has 170 valence electrons. The van der Waals surface area contributed by atoms with Gasteiger partial charge in [0.25, 0.3) is 5.91 Å². The summed E-state index contributed by atoms with van der Waals surface area (Å²) in [7, 11) is 0. The van der Waals surface area contributed by atoms with Crippen molar-refractivity contribution in [2.75, 3.05) is 26.2 Å². The Hall–Kier alpha value is -3.65. The van der Waals surface area contributed by atoms with Crippen molar-refractivity contribution in [3.63, 3.8) is 0 Å². The van der Waals surface area contributed by atoms with Gasteiger partial charge in [-0.2, -0.15) is 0 Å². The first-order chi connectivity index (χ1) is 16.1. The summed E-state index contributed by atoms with van der Waals surface area (Å²) in [5.41, 5.74) is 1.99. The van der Waals surface area contributed by atoms with Crippen LogP contribution < -0.4 is 0 Å². The largest absolute Gasteiger partial charge is 0.370 e. The molecule has 33 heavy (non-hydrogen) atoms. The highest BCUT2D eigenvalue weighted by atomic mass is 19.1. The number of benzene rings is 2. The average molecular weight is 448 g/mol. The normalized spacial score (nSPS) is 16.5. The maximum atomic E-state index is 13.6. The lowest BCUT2D eigenvalue weighted by molar-refractivity contribution is -0.131. The van der Waals surface area contributed by atoms with Gasteiger partial charge in [-0.05, 0) is 29.7 Å². The molecule has 4 rings (SSSR count). The fraction of sp³-hybridized carbons (Fsp3) is 0.280. The van der Waals surface area contributed by atoms with Crippen LogP contribution in [0.1, 0.15) is 21.6 Å². The van der Waals surface area contributed by atoms with E-state index in [0.29, 0.717) is 25.1 Å². The third-order valence-electron chi connectivity index (χ3n) is 5.48. The molecule has 2 heterocycles. The molecule has 8 heteroatoms. The van der Waals surface area contributed by atoms with Gasteiger partial charge in [-0.1, -0.05) is 42.5 Å². The van der Waals surface area contributed by atoms with Crippen molar-refractivity contribution in [1.82, 2.24) is 19.8 Å². The summed E-state index contributed by atoms with van der Waals surface area (Å²) in [5.74, 6) is -0.864. The number of carbonyl (C=O) groups is 2. The van der Waals surface area contributed by atoms with E-state index in [-0.39, 0.29) is 43.0 Å². The Morgan fingerprint density at radius 1 is 1.06 bits per heavy atom. The summed E-state index contributed by atoms with van der Waals surface area (Å²) in [4.78, 5) is 37.2. The van der Waals surface area contributed by atoms with Gasteiger partial charge in [0.05, 0.1) is 18.9 Å². The van der Waals surface area contributed by atoms with Crippen molar-refractivity contribution >= 4 is 11.8 Å². The topological polar surface area (TPSA) is 75.6 Å². The first-order valence-corrected chi connectivity index (χ1v) is 10.8. The van der Waals surface area contributed by atoms with Crippen molar-refractivity contribution in [1.29, 1.82) is 0 Å². The van der Waals surface area contributed by atoms with Crippen LogP contribution in [-0.4, -0.2) is 63.9 Å². The number of rotatable bonds is 7. The van der Waals surface area contributed by atoms with E-state index in [0.717, 1.165) is 5.56 Å². The molecule has 1 fully saturated rings. The zero-order valence-electron chi connectivity index (χ0n) is 18.1. The molecule has 0 saturated carbocycles. The molecule has 0 bridgehead atoms. The molecule has 0 aliphatic carbocycles. The van der Waals surface area contributed by atoms with Crippen LogP contribution in [0.4, 0.5) is 4.39 Å². The van der Waals surface area contributed by atoms with Crippen molar-refractivity contribution in [3.05, 3.63) is 95.8 Å². The summed E-state index contributed by atoms with van der Waals surface area (Å²) in [6.07, 6.45) is 4.57. The van der Waals surface area contributed by atoms with Gasteiger partial charge in [0, 0.05) is 32.0 Å². The fourth-order valence-corrected chi connectivity index (χ4v) is 3.78. The van der Waals surface area contributed by atoms with E-state index < -0.39 is 6.10 Å². The zero-order chi connectivity index (χ0) is 23.0. The van der Waals surface area contributed by atoms with E-state index in [9.17, 15) is 14.0 Å². The van der Waals surface area contributed by atoms with Crippen LogP contribution in [0, 0.1) is 5.82 Å². The second-order valence-corrected chi connectivity index (χ2v) is 7.91. The standard InChI is InChI=1S/C25H25FN4O3/c26-21-8-4-7-20(13-21)18-33-22-15-29(12-9-19-5-2-1-3-6-19)24(31)17-30(16-22)25(32)23-14-27-10-11-28-23/h1-8,10-11,13-14,22H,9,12,15-18H2/t22-/m1/s1. The molecule has 1 aliphatic rings. The molecule has 3 aromatic rings. The highest BCUT2D eigenvalue weighted by Gasteiger charge is 2.31. The Balaban J connectivity index is 1.49. The van der Waals surface area contributed by atoms with Gasteiger partial charge < -0.3 is 14.5 Å². The Bertz CT molecular complexity index is 1080. The number of hydrogen-bond acceptors (Lipinski definition) is 5. The number of nitrogens with zero attached hydrogens (tertiary/aromatic N) is 4. The second-order valence-electron chi connectivity index (χ2n) is 7.91. The van der Waals surface area contributed by atoms with Crippen LogP contribution in [0.15, 0.2) is 73.2 Å². The Morgan fingerprint density at radius 3 is 2.64 bits per heavy atom. The van der Waals surface area contributed by atoms with E-state index in [4.69, 9.17) is 4.74 Å². The summed E-state index contributed by atoms with van der Waals surface area (Å²) < 4.78 is 19.6. The molecule has 0 N–H and O–H groups in total. The van der Waals surface area contributed by atoms with Crippen molar-refractivity contribution in [3.8, 4) is 0 Å². The van der Waals surface area contributed by atoms with E-state index in [1.165, 1.54) is 35.6 Å². The maximum Gasteiger partial charge on any atom is 0.274 e. The van der Waals surface area contributed by atoms with Crippen LogP contribution in [0.2, 0.25) is 0 Å². The average Bonchev–Trinajstić information content (AvgIpc) is 3.00. The smallest absolute Gasteiger partial charge is 0.274 e. The van der Waals surface area contributed by atoms with E-state index in [1.807, 2.05) is 30.3 Å². The molecule has 1 aliphatic heterocycles. The molecule has 2 amide bonds. The predicted octanol–water partition coefficient (Wildman–Crippen LogP) is 2.73. The number of hydrogen-bond donors (Lipinski definition) is 0. The molecule has 2 aromatic carbocycles. The van der Waals surface area contributed by atoms with Gasteiger partial charge in [-0.3, -0.25) is 14.6 Å². The summed E-state index contributed by atoms with van der Waals surface area (Å²) >= 11 is 0. The SMILES string of the molecule is O=C1CN(C(=O)c2cnccn2)C[C@H](OCc2cccc(F)c2)CN1CCc1ccccc1. The molecular weight excluding hydrogens is 423 g/mol. The lowest BCUT2D eigenvalue weighted by Gasteiger charge is -2.25. The van der Waals surface area contributed by atoms with Crippen LogP contribution in [0.25, 0.3) is 0 Å². The highest BCUT2D eigenvalue weighted by molar-refractivity contribution is 5.95. The van der Waals surface area contributed by atoms with Crippen molar-refractivity contribution in [2.45, 2.75) is 19.1 Å². The number of aromatic nitrogens is 2. The maximum absolute atomic E-state index is 13.6. The van der Waals surface area contributed by atoms with Crippen LogP contribution in [0.5, 0.6) is 0 Å². The monoisotopic (exact) mass is 448 g/mol. The number of halogens is 1. The third kappa shape index (κ3) is 6.20. The lowest BCUT2D eigenvalue weighted by Crippen LogP contribution is -2.40. The molecule has 7 nitrogen and oxygen atoms in total. The number of ether oxygens (including phenoxy) is 1. The van der Waals surface area contributed by atoms with Gasteiger partial charge in [0.15, 0.2) is 0 Å². The van der Waals surface area contributed by atoms with Gasteiger partial charge in [0.2, 0.25) is 5.91 Å². The zero-order valence-corrected chi connectivity index (χ0v) is 18.1. The summed E-state index contributed by atoms with van der Waals surface area (Å²) in [5, 5.41) is 0.